The normalized spacial score (nSPS) is 15.0. The Morgan fingerprint density at radius 1 is 1.23 bits per heavy atom. The fourth-order valence-electron chi connectivity index (χ4n) is 2.77. The predicted octanol–water partition coefficient (Wildman–Crippen LogP) is 3.16. The summed E-state index contributed by atoms with van der Waals surface area (Å²) in [5, 5.41) is 0. The zero-order valence-electron chi connectivity index (χ0n) is 12.5. The Balaban J connectivity index is 1.69. The van der Waals surface area contributed by atoms with Crippen molar-refractivity contribution >= 4 is 11.4 Å². The van der Waals surface area contributed by atoms with Gasteiger partial charge in [0, 0.05) is 53.7 Å². The van der Waals surface area contributed by atoms with Crippen LogP contribution in [0.1, 0.15) is 47.8 Å². The van der Waals surface area contributed by atoms with Gasteiger partial charge in [-0.1, -0.05) is 13.0 Å². The second kappa shape index (κ2) is 5.02. The Morgan fingerprint density at radius 3 is 2.82 bits per heavy atom. The van der Waals surface area contributed by atoms with Gasteiger partial charge in [-0.2, -0.15) is 0 Å². The number of rotatable bonds is 3. The molecular formula is C17H17N5. The molecule has 0 bridgehead atoms. The van der Waals surface area contributed by atoms with E-state index in [4.69, 9.17) is 0 Å². The highest BCUT2D eigenvalue weighted by molar-refractivity contribution is 5.78. The topological polar surface area (TPSA) is 56.0 Å². The van der Waals surface area contributed by atoms with Crippen LogP contribution in [-0.4, -0.2) is 24.3 Å². The van der Waals surface area contributed by atoms with Crippen LogP contribution >= 0.6 is 0 Å². The average Bonchev–Trinajstić information content (AvgIpc) is 2.92. The molecule has 22 heavy (non-hydrogen) atoms. The number of hydrogen-bond acceptors (Lipinski definition) is 4. The van der Waals surface area contributed by atoms with Crippen LogP contribution < -0.4 is 0 Å². The van der Waals surface area contributed by atoms with E-state index in [2.05, 4.69) is 26.5 Å². The Labute approximate surface area is 128 Å². The van der Waals surface area contributed by atoms with Crippen molar-refractivity contribution in [3.8, 4) is 0 Å². The molecule has 0 amide bonds. The molecule has 1 saturated carbocycles. The predicted molar refractivity (Wildman–Crippen MR) is 84.5 cm³/mol. The molecule has 1 fully saturated rings. The minimum atomic E-state index is 0.546. The molecular weight excluding hydrogens is 274 g/mol. The number of aryl methyl sites for hydroxylation is 1. The van der Waals surface area contributed by atoms with Crippen molar-refractivity contribution in [1.29, 1.82) is 0 Å². The highest BCUT2D eigenvalue weighted by Crippen LogP contribution is 2.35. The molecule has 1 aliphatic rings. The first-order chi connectivity index (χ1) is 10.7. The highest BCUT2D eigenvalue weighted by Gasteiger charge is 2.23. The van der Waals surface area contributed by atoms with E-state index >= 15 is 0 Å². The minimum absolute atomic E-state index is 0.546. The van der Waals surface area contributed by atoms with E-state index in [1.54, 1.807) is 12.4 Å². The van der Waals surface area contributed by atoms with E-state index in [1.165, 1.54) is 19.3 Å². The molecule has 5 nitrogen and oxygen atoms in total. The SMILES string of the molecule is C=C(c1cnc2nccn2c1)c1cnc(C2CCC2)nc1C. The smallest absolute Gasteiger partial charge is 0.233 e. The van der Waals surface area contributed by atoms with Crippen molar-refractivity contribution in [1.82, 2.24) is 24.3 Å². The summed E-state index contributed by atoms with van der Waals surface area (Å²) in [7, 11) is 0. The molecule has 110 valence electrons. The number of nitrogens with zero attached hydrogens (tertiary/aromatic N) is 5. The van der Waals surface area contributed by atoms with Crippen LogP contribution in [0.2, 0.25) is 0 Å². The summed E-state index contributed by atoms with van der Waals surface area (Å²) < 4.78 is 1.89. The van der Waals surface area contributed by atoms with Gasteiger partial charge in [-0.25, -0.2) is 19.9 Å². The Hall–Kier alpha value is -2.56. The molecule has 0 atom stereocenters. The van der Waals surface area contributed by atoms with Crippen LogP contribution in [0.15, 0.2) is 37.6 Å². The fourth-order valence-corrected chi connectivity index (χ4v) is 2.77. The zero-order valence-corrected chi connectivity index (χ0v) is 12.5. The van der Waals surface area contributed by atoms with Gasteiger partial charge in [0.05, 0.1) is 0 Å². The van der Waals surface area contributed by atoms with Crippen LogP contribution in [0.5, 0.6) is 0 Å². The first-order valence-corrected chi connectivity index (χ1v) is 7.54. The van der Waals surface area contributed by atoms with Gasteiger partial charge < -0.3 is 0 Å². The molecule has 3 heterocycles. The molecule has 5 heteroatoms. The van der Waals surface area contributed by atoms with Crippen molar-refractivity contribution in [2.24, 2.45) is 0 Å². The molecule has 0 aliphatic heterocycles. The van der Waals surface area contributed by atoms with Crippen molar-refractivity contribution in [3.63, 3.8) is 0 Å². The summed E-state index contributed by atoms with van der Waals surface area (Å²) in [6, 6.07) is 0. The molecule has 0 unspecified atom stereocenters. The third kappa shape index (κ3) is 2.09. The van der Waals surface area contributed by atoms with Gasteiger partial charge in [0.15, 0.2) is 0 Å². The molecule has 4 rings (SSSR count). The molecule has 1 aliphatic carbocycles. The van der Waals surface area contributed by atoms with Crippen LogP contribution in [0.4, 0.5) is 0 Å². The molecule has 0 N–H and O–H groups in total. The van der Waals surface area contributed by atoms with Gasteiger partial charge in [-0.05, 0) is 25.3 Å². The van der Waals surface area contributed by atoms with E-state index < -0.39 is 0 Å². The van der Waals surface area contributed by atoms with Crippen LogP contribution in [0, 0.1) is 6.92 Å². The molecule has 0 saturated heterocycles. The quantitative estimate of drug-likeness (QED) is 0.744. The highest BCUT2D eigenvalue weighted by atomic mass is 15.1. The number of hydrogen-bond donors (Lipinski definition) is 0. The van der Waals surface area contributed by atoms with E-state index in [9.17, 15) is 0 Å². The van der Waals surface area contributed by atoms with Gasteiger partial charge in [-0.3, -0.25) is 4.40 Å². The summed E-state index contributed by atoms with van der Waals surface area (Å²) in [6.45, 7) is 6.22. The first kappa shape index (κ1) is 13.1. The maximum atomic E-state index is 4.68. The monoisotopic (exact) mass is 291 g/mol. The van der Waals surface area contributed by atoms with E-state index in [1.807, 2.05) is 29.9 Å². The van der Waals surface area contributed by atoms with Gasteiger partial charge in [0.1, 0.15) is 5.82 Å². The summed E-state index contributed by atoms with van der Waals surface area (Å²) in [6.07, 6.45) is 13.0. The summed E-state index contributed by atoms with van der Waals surface area (Å²) in [5.41, 5.74) is 3.80. The van der Waals surface area contributed by atoms with E-state index in [-0.39, 0.29) is 0 Å². The number of aromatic nitrogens is 5. The lowest BCUT2D eigenvalue weighted by Crippen LogP contribution is -2.13. The molecule has 3 aromatic rings. The van der Waals surface area contributed by atoms with Gasteiger partial charge in [0.25, 0.3) is 0 Å². The second-order valence-corrected chi connectivity index (χ2v) is 5.81. The van der Waals surface area contributed by atoms with Gasteiger partial charge >= 0.3 is 0 Å². The minimum Gasteiger partial charge on any atom is -0.291 e. The number of fused-ring (bicyclic) bond motifs is 1. The average molecular weight is 291 g/mol. The first-order valence-electron chi connectivity index (χ1n) is 7.54. The van der Waals surface area contributed by atoms with E-state index in [0.29, 0.717) is 11.7 Å². The van der Waals surface area contributed by atoms with Crippen LogP contribution in [-0.2, 0) is 0 Å². The maximum Gasteiger partial charge on any atom is 0.233 e. The number of imidazole rings is 1. The van der Waals surface area contributed by atoms with Crippen molar-refractivity contribution in [2.75, 3.05) is 0 Å². The largest absolute Gasteiger partial charge is 0.291 e. The van der Waals surface area contributed by atoms with Crippen LogP contribution in [0.25, 0.3) is 11.4 Å². The lowest BCUT2D eigenvalue weighted by atomic mass is 9.84. The zero-order chi connectivity index (χ0) is 15.1. The lowest BCUT2D eigenvalue weighted by Gasteiger charge is -2.24. The van der Waals surface area contributed by atoms with Crippen molar-refractivity contribution in [3.05, 3.63) is 60.2 Å². The molecule has 3 aromatic heterocycles. The standard InChI is InChI=1S/C17H17N5/c1-11(14-8-20-17-18-6-7-22(17)10-14)15-9-19-16(21-12(15)2)13-4-3-5-13/h6-10,13H,1,3-5H2,2H3. The van der Waals surface area contributed by atoms with Gasteiger partial charge in [0.2, 0.25) is 5.78 Å². The summed E-state index contributed by atoms with van der Waals surface area (Å²) in [5.74, 6) is 2.21. The summed E-state index contributed by atoms with van der Waals surface area (Å²) in [4.78, 5) is 17.7. The fraction of sp³-hybridized carbons (Fsp3) is 0.294. The van der Waals surface area contributed by atoms with Crippen LogP contribution in [0.3, 0.4) is 0 Å². The third-order valence-corrected chi connectivity index (χ3v) is 4.39. The Kier molecular flexibility index (Phi) is 2.99. The Morgan fingerprint density at radius 2 is 2.09 bits per heavy atom. The third-order valence-electron chi connectivity index (χ3n) is 4.39. The molecule has 0 radical (unpaired) electrons. The van der Waals surface area contributed by atoms with Crippen molar-refractivity contribution in [2.45, 2.75) is 32.1 Å². The molecule has 0 aromatic carbocycles. The summed E-state index contributed by atoms with van der Waals surface area (Å²) >= 11 is 0. The van der Waals surface area contributed by atoms with E-state index in [0.717, 1.165) is 28.2 Å². The van der Waals surface area contributed by atoms with Gasteiger partial charge in [-0.15, -0.1) is 0 Å². The second-order valence-electron chi connectivity index (χ2n) is 5.81. The lowest BCUT2D eigenvalue weighted by molar-refractivity contribution is 0.400. The Bertz CT molecular complexity index is 860. The maximum absolute atomic E-state index is 4.68. The molecule has 0 spiro atoms. The van der Waals surface area contributed by atoms with Crippen molar-refractivity contribution < 1.29 is 0 Å².